The van der Waals surface area contributed by atoms with Gasteiger partial charge in [0.1, 0.15) is 11.5 Å². The molecule has 3 aromatic rings. The largest absolute Gasteiger partial charge is 0.462 e. The Hall–Kier alpha value is -2.53. The Balaban J connectivity index is 1.76. The molecule has 0 aliphatic rings. The Bertz CT molecular complexity index is 870. The maximum Gasteiger partial charge on any atom is 0.127 e. The Morgan fingerprint density at radius 3 is 2.67 bits per heavy atom. The summed E-state index contributed by atoms with van der Waals surface area (Å²) in [5.74, 6) is 1.73. The number of aliphatic imine (C=N–C) groups is 1. The van der Waals surface area contributed by atoms with E-state index in [1.807, 2.05) is 63.3 Å². The summed E-state index contributed by atoms with van der Waals surface area (Å²) in [5, 5.41) is 7.27. The molecule has 0 amide bonds. The Kier molecular flexibility index (Phi) is 5.01. The van der Waals surface area contributed by atoms with Crippen LogP contribution in [0.25, 0.3) is 6.08 Å². The summed E-state index contributed by atoms with van der Waals surface area (Å²) in [6.45, 7) is 5.97. The lowest BCUT2D eigenvalue weighted by Crippen LogP contribution is -1.79. The summed E-state index contributed by atoms with van der Waals surface area (Å²) < 4.78 is 5.49. The van der Waals surface area contributed by atoms with Crippen LogP contribution in [0.3, 0.4) is 0 Å². The van der Waals surface area contributed by atoms with Crippen molar-refractivity contribution in [3.63, 3.8) is 0 Å². The summed E-state index contributed by atoms with van der Waals surface area (Å²) in [4.78, 5) is 6.82. The second-order valence-corrected chi connectivity index (χ2v) is 6.47. The Morgan fingerprint density at radius 2 is 1.96 bits per heavy atom. The summed E-state index contributed by atoms with van der Waals surface area (Å²) in [5.41, 5.74) is 3.01. The molecule has 0 atom stereocenters. The number of hydrogen-bond donors (Lipinski definition) is 1. The van der Waals surface area contributed by atoms with Gasteiger partial charge in [0.05, 0.1) is 16.3 Å². The van der Waals surface area contributed by atoms with E-state index < -0.39 is 0 Å². The quantitative estimate of drug-likeness (QED) is 0.626. The van der Waals surface area contributed by atoms with Crippen LogP contribution in [-0.4, -0.2) is 16.4 Å². The molecule has 122 valence electrons. The standard InChI is InChI=1S/C19H19N3OS/c1-13-10-11-16(23-13)7-6-12-20-17-8-4-5-9-18(17)24-19-14(2)21-22-15(19)3/h4-12H,1-3H3,(H,21,22). The number of allylic oxidation sites excluding steroid dienone is 1. The number of H-pyrrole nitrogens is 1. The predicted molar refractivity (Wildman–Crippen MR) is 99.3 cm³/mol. The van der Waals surface area contributed by atoms with Crippen molar-refractivity contribution in [2.45, 2.75) is 30.6 Å². The second kappa shape index (κ2) is 7.36. The average molecular weight is 337 g/mol. The maximum atomic E-state index is 5.49. The first kappa shape index (κ1) is 16.3. The van der Waals surface area contributed by atoms with Gasteiger partial charge in [-0.1, -0.05) is 23.9 Å². The van der Waals surface area contributed by atoms with E-state index in [-0.39, 0.29) is 0 Å². The highest BCUT2D eigenvalue weighted by atomic mass is 32.2. The first-order valence-electron chi connectivity index (χ1n) is 7.69. The van der Waals surface area contributed by atoms with Crippen LogP contribution in [0.4, 0.5) is 5.69 Å². The molecule has 0 bridgehead atoms. The fourth-order valence-corrected chi connectivity index (χ4v) is 3.24. The van der Waals surface area contributed by atoms with Crippen molar-refractivity contribution in [1.82, 2.24) is 10.2 Å². The van der Waals surface area contributed by atoms with Gasteiger partial charge in [-0.3, -0.25) is 10.1 Å². The molecule has 4 nitrogen and oxygen atoms in total. The first-order chi connectivity index (χ1) is 11.6. The van der Waals surface area contributed by atoms with E-state index in [2.05, 4.69) is 21.3 Å². The van der Waals surface area contributed by atoms with Crippen LogP contribution in [0.15, 0.2) is 61.7 Å². The minimum atomic E-state index is 0.825. The smallest absolute Gasteiger partial charge is 0.127 e. The van der Waals surface area contributed by atoms with Crippen molar-refractivity contribution >= 4 is 29.7 Å². The number of para-hydroxylation sites is 1. The Morgan fingerprint density at radius 1 is 1.12 bits per heavy atom. The molecule has 0 spiro atoms. The zero-order valence-corrected chi connectivity index (χ0v) is 14.7. The third kappa shape index (κ3) is 3.86. The number of aromatic amines is 1. The van der Waals surface area contributed by atoms with E-state index in [0.717, 1.165) is 38.4 Å². The van der Waals surface area contributed by atoms with Crippen LogP contribution in [0.5, 0.6) is 0 Å². The molecule has 1 aromatic carbocycles. The van der Waals surface area contributed by atoms with Crippen molar-refractivity contribution in [2.24, 2.45) is 4.99 Å². The van der Waals surface area contributed by atoms with Gasteiger partial charge in [0, 0.05) is 16.8 Å². The molecule has 2 aromatic heterocycles. The molecular formula is C19H19N3OS. The number of aromatic nitrogens is 2. The predicted octanol–water partition coefficient (Wildman–Crippen LogP) is 5.49. The molecule has 0 saturated carbocycles. The van der Waals surface area contributed by atoms with Crippen LogP contribution >= 0.6 is 11.8 Å². The van der Waals surface area contributed by atoms with Crippen LogP contribution in [-0.2, 0) is 0 Å². The number of nitrogens with one attached hydrogen (secondary N) is 1. The molecule has 5 heteroatoms. The molecule has 3 rings (SSSR count). The van der Waals surface area contributed by atoms with Crippen molar-refractivity contribution < 1.29 is 4.42 Å². The molecule has 0 saturated heterocycles. The molecular weight excluding hydrogens is 318 g/mol. The zero-order valence-electron chi connectivity index (χ0n) is 13.9. The Labute approximate surface area is 145 Å². The highest BCUT2D eigenvalue weighted by molar-refractivity contribution is 7.99. The maximum absolute atomic E-state index is 5.49. The second-order valence-electron chi connectivity index (χ2n) is 5.42. The van der Waals surface area contributed by atoms with E-state index in [4.69, 9.17) is 4.42 Å². The van der Waals surface area contributed by atoms with E-state index >= 15 is 0 Å². The van der Waals surface area contributed by atoms with Crippen molar-refractivity contribution in [3.8, 4) is 0 Å². The number of benzene rings is 1. The minimum Gasteiger partial charge on any atom is -0.462 e. The van der Waals surface area contributed by atoms with E-state index in [1.165, 1.54) is 0 Å². The molecule has 0 aliphatic heterocycles. The lowest BCUT2D eigenvalue weighted by atomic mass is 10.3. The number of hydrogen-bond acceptors (Lipinski definition) is 4. The summed E-state index contributed by atoms with van der Waals surface area (Å²) in [7, 11) is 0. The number of nitrogens with zero attached hydrogens (tertiary/aromatic N) is 2. The van der Waals surface area contributed by atoms with E-state index in [9.17, 15) is 0 Å². The highest BCUT2D eigenvalue weighted by Crippen LogP contribution is 2.37. The fourth-order valence-electron chi connectivity index (χ4n) is 2.26. The van der Waals surface area contributed by atoms with Gasteiger partial charge in [-0.15, -0.1) is 0 Å². The summed E-state index contributed by atoms with van der Waals surface area (Å²) in [6.07, 6.45) is 5.57. The van der Waals surface area contributed by atoms with Crippen molar-refractivity contribution in [1.29, 1.82) is 0 Å². The molecule has 1 N–H and O–H groups in total. The molecule has 24 heavy (non-hydrogen) atoms. The van der Waals surface area contributed by atoms with Gasteiger partial charge in [0.15, 0.2) is 0 Å². The van der Waals surface area contributed by atoms with Crippen LogP contribution in [0.1, 0.15) is 22.9 Å². The molecule has 0 aliphatic carbocycles. The van der Waals surface area contributed by atoms with Gasteiger partial charge < -0.3 is 4.42 Å². The molecule has 2 heterocycles. The van der Waals surface area contributed by atoms with Gasteiger partial charge in [-0.05, 0) is 57.2 Å². The summed E-state index contributed by atoms with van der Waals surface area (Å²) in [6, 6.07) is 12.0. The summed E-state index contributed by atoms with van der Waals surface area (Å²) >= 11 is 1.68. The number of rotatable bonds is 5. The van der Waals surface area contributed by atoms with Crippen LogP contribution in [0, 0.1) is 20.8 Å². The highest BCUT2D eigenvalue weighted by Gasteiger charge is 2.10. The number of furan rings is 1. The third-order valence-electron chi connectivity index (χ3n) is 3.46. The molecule has 0 fully saturated rings. The average Bonchev–Trinajstić information content (AvgIpc) is 3.13. The van der Waals surface area contributed by atoms with Crippen molar-refractivity contribution in [2.75, 3.05) is 0 Å². The van der Waals surface area contributed by atoms with Gasteiger partial charge in [0.2, 0.25) is 0 Å². The van der Waals surface area contributed by atoms with E-state index in [1.54, 1.807) is 18.0 Å². The minimum absolute atomic E-state index is 0.825. The monoisotopic (exact) mass is 337 g/mol. The fraction of sp³-hybridized carbons (Fsp3) is 0.158. The van der Waals surface area contributed by atoms with E-state index in [0.29, 0.717) is 0 Å². The third-order valence-corrected chi connectivity index (χ3v) is 4.83. The lowest BCUT2D eigenvalue weighted by molar-refractivity contribution is 0.525. The zero-order chi connectivity index (χ0) is 16.9. The van der Waals surface area contributed by atoms with Gasteiger partial charge in [0.25, 0.3) is 0 Å². The molecule has 0 unspecified atom stereocenters. The van der Waals surface area contributed by atoms with Gasteiger partial charge >= 0.3 is 0 Å². The van der Waals surface area contributed by atoms with Crippen LogP contribution in [0.2, 0.25) is 0 Å². The van der Waals surface area contributed by atoms with Crippen molar-refractivity contribution in [3.05, 3.63) is 65.4 Å². The first-order valence-corrected chi connectivity index (χ1v) is 8.51. The van der Waals surface area contributed by atoms with Crippen LogP contribution < -0.4 is 0 Å². The SMILES string of the molecule is Cc1ccc(C=CC=Nc2ccccc2Sc2c(C)n[nH]c2C)o1. The normalized spacial score (nSPS) is 11.8. The lowest BCUT2D eigenvalue weighted by Gasteiger charge is -2.05. The van der Waals surface area contributed by atoms with Gasteiger partial charge in [-0.25, -0.2) is 0 Å². The van der Waals surface area contributed by atoms with Gasteiger partial charge in [-0.2, -0.15) is 5.10 Å². The molecule has 0 radical (unpaired) electrons. The number of aryl methyl sites for hydroxylation is 3. The topological polar surface area (TPSA) is 54.2 Å².